The van der Waals surface area contributed by atoms with Crippen LogP contribution in [0.15, 0.2) is 42.6 Å². The average molecular weight is 339 g/mol. The molecule has 0 amide bonds. The summed E-state index contributed by atoms with van der Waals surface area (Å²) in [4.78, 5) is 5.72. The summed E-state index contributed by atoms with van der Waals surface area (Å²) in [6.45, 7) is 1.89. The summed E-state index contributed by atoms with van der Waals surface area (Å²) in [6.07, 6.45) is -1.96. The third-order valence-corrected chi connectivity index (χ3v) is 4.11. The summed E-state index contributed by atoms with van der Waals surface area (Å²) < 4.78 is 51.0. The second-order valence-corrected chi connectivity index (χ2v) is 5.85. The van der Waals surface area contributed by atoms with E-state index in [-0.39, 0.29) is 6.04 Å². The Morgan fingerprint density at radius 1 is 1.21 bits per heavy atom. The van der Waals surface area contributed by atoms with Gasteiger partial charge in [-0.2, -0.15) is 17.6 Å². The van der Waals surface area contributed by atoms with Gasteiger partial charge in [-0.1, -0.05) is 18.2 Å². The highest BCUT2D eigenvalue weighted by Gasteiger charge is 2.30. The minimum Gasteiger partial charge on any atom is -0.369 e. The van der Waals surface area contributed by atoms with Crippen molar-refractivity contribution in [3.63, 3.8) is 0 Å². The maximum absolute atomic E-state index is 12.9. The molecule has 0 spiro atoms. The normalized spacial score (nSPS) is 18.2. The molecule has 0 bridgehead atoms. The first-order chi connectivity index (χ1) is 11.4. The zero-order valence-corrected chi connectivity index (χ0v) is 12.9. The number of alkyl halides is 3. The van der Waals surface area contributed by atoms with Crippen molar-refractivity contribution in [2.75, 3.05) is 18.0 Å². The van der Waals surface area contributed by atoms with Crippen molar-refractivity contribution in [1.82, 2.24) is 10.3 Å². The van der Waals surface area contributed by atoms with E-state index in [9.17, 15) is 17.6 Å². The van der Waals surface area contributed by atoms with Crippen LogP contribution in [0.4, 0.5) is 23.2 Å². The molecule has 1 aliphatic heterocycles. The molecule has 0 radical (unpaired) electrons. The fraction of sp³-hybridized carbons (Fsp3) is 0.353. The zero-order chi connectivity index (χ0) is 17.2. The maximum atomic E-state index is 12.9. The largest absolute Gasteiger partial charge is 0.416 e. The van der Waals surface area contributed by atoms with Crippen LogP contribution >= 0.6 is 0 Å². The van der Waals surface area contributed by atoms with Crippen LogP contribution in [0.25, 0.3) is 0 Å². The van der Waals surface area contributed by atoms with Crippen LogP contribution < -0.4 is 10.2 Å². The molecule has 128 valence electrons. The molecule has 1 aliphatic rings. The molecule has 3 rings (SSSR count). The Balaban J connectivity index is 1.56. The summed E-state index contributed by atoms with van der Waals surface area (Å²) in [5.41, 5.74) is 0.818. The molecule has 1 aromatic heterocycles. The van der Waals surface area contributed by atoms with Crippen molar-refractivity contribution in [2.24, 2.45) is 0 Å². The summed E-state index contributed by atoms with van der Waals surface area (Å²) in [5, 5.41) is 3.28. The lowest BCUT2D eigenvalue weighted by Gasteiger charge is -2.18. The lowest BCUT2D eigenvalue weighted by molar-refractivity contribution is -0.137. The third kappa shape index (κ3) is 4.03. The second kappa shape index (κ2) is 6.76. The van der Waals surface area contributed by atoms with Crippen molar-refractivity contribution in [3.05, 3.63) is 59.7 Å². The molecule has 1 saturated heterocycles. The van der Waals surface area contributed by atoms with E-state index in [0.29, 0.717) is 18.7 Å². The number of benzene rings is 1. The smallest absolute Gasteiger partial charge is 0.369 e. The zero-order valence-electron chi connectivity index (χ0n) is 12.9. The molecule has 3 nitrogen and oxygen atoms in total. The Morgan fingerprint density at radius 3 is 2.75 bits per heavy atom. The molecule has 7 heteroatoms. The summed E-state index contributed by atoms with van der Waals surface area (Å²) in [5.74, 6) is -0.517. The van der Waals surface area contributed by atoms with Crippen LogP contribution in [-0.4, -0.2) is 24.1 Å². The molecule has 0 saturated carbocycles. The molecule has 24 heavy (non-hydrogen) atoms. The van der Waals surface area contributed by atoms with Crippen molar-refractivity contribution >= 4 is 5.69 Å². The van der Waals surface area contributed by atoms with E-state index in [0.717, 1.165) is 24.7 Å². The molecular formula is C17H17F4N3. The average Bonchev–Trinajstić information content (AvgIpc) is 3.02. The van der Waals surface area contributed by atoms with E-state index >= 15 is 0 Å². The predicted octanol–water partition coefficient (Wildman–Crippen LogP) is 3.61. The van der Waals surface area contributed by atoms with Gasteiger partial charge in [0.25, 0.3) is 0 Å². The first kappa shape index (κ1) is 16.7. The standard InChI is InChI=1S/C17H17F4N3/c18-16-5-4-15(10-23-16)24-7-6-14(11-24)22-9-12-2-1-3-13(8-12)17(19,20)21/h1-5,8,10,14,22H,6-7,9,11H2. The van der Waals surface area contributed by atoms with E-state index in [2.05, 4.69) is 15.2 Å². The number of nitrogens with zero attached hydrogens (tertiary/aromatic N) is 2. The second-order valence-electron chi connectivity index (χ2n) is 5.85. The highest BCUT2D eigenvalue weighted by molar-refractivity contribution is 5.45. The summed E-state index contributed by atoms with van der Waals surface area (Å²) in [7, 11) is 0. The molecule has 2 aromatic rings. The maximum Gasteiger partial charge on any atom is 0.416 e. The van der Waals surface area contributed by atoms with E-state index in [1.54, 1.807) is 12.1 Å². The SMILES string of the molecule is Fc1ccc(N2CCC(NCc3cccc(C(F)(F)F)c3)C2)cn1. The van der Waals surface area contributed by atoms with E-state index < -0.39 is 17.7 Å². The lowest BCUT2D eigenvalue weighted by Crippen LogP contribution is -2.32. The van der Waals surface area contributed by atoms with Gasteiger partial charge in [0.15, 0.2) is 0 Å². The monoisotopic (exact) mass is 339 g/mol. The minimum atomic E-state index is -4.32. The van der Waals surface area contributed by atoms with Crippen LogP contribution in [0.5, 0.6) is 0 Å². The van der Waals surface area contributed by atoms with Crippen molar-refractivity contribution in [2.45, 2.75) is 25.2 Å². The Kier molecular flexibility index (Phi) is 4.71. The molecular weight excluding hydrogens is 322 g/mol. The Hall–Kier alpha value is -2.15. The van der Waals surface area contributed by atoms with Gasteiger partial charge in [0.1, 0.15) is 0 Å². The number of halogens is 4. The van der Waals surface area contributed by atoms with E-state index in [1.807, 2.05) is 0 Å². The lowest BCUT2D eigenvalue weighted by atomic mass is 10.1. The van der Waals surface area contributed by atoms with Crippen LogP contribution in [0, 0.1) is 5.95 Å². The van der Waals surface area contributed by atoms with Gasteiger partial charge in [0.05, 0.1) is 17.4 Å². The van der Waals surface area contributed by atoms with Crippen LogP contribution in [0.3, 0.4) is 0 Å². The van der Waals surface area contributed by atoms with E-state index in [1.165, 1.54) is 24.4 Å². The highest BCUT2D eigenvalue weighted by Crippen LogP contribution is 2.29. The van der Waals surface area contributed by atoms with Gasteiger partial charge in [0.2, 0.25) is 5.95 Å². The van der Waals surface area contributed by atoms with Crippen molar-refractivity contribution < 1.29 is 17.6 Å². The number of aromatic nitrogens is 1. The van der Waals surface area contributed by atoms with Gasteiger partial charge in [0, 0.05) is 25.7 Å². The van der Waals surface area contributed by atoms with Crippen LogP contribution in [-0.2, 0) is 12.7 Å². The number of hydrogen-bond donors (Lipinski definition) is 1. The molecule has 1 N–H and O–H groups in total. The van der Waals surface area contributed by atoms with Crippen LogP contribution in [0.1, 0.15) is 17.5 Å². The van der Waals surface area contributed by atoms with Gasteiger partial charge in [-0.3, -0.25) is 0 Å². The predicted molar refractivity (Wildman–Crippen MR) is 83.1 cm³/mol. The van der Waals surface area contributed by atoms with Gasteiger partial charge < -0.3 is 10.2 Å². The molecule has 0 aliphatic carbocycles. The van der Waals surface area contributed by atoms with Gasteiger partial charge in [-0.15, -0.1) is 0 Å². The topological polar surface area (TPSA) is 28.2 Å². The number of pyridine rings is 1. The van der Waals surface area contributed by atoms with Crippen molar-refractivity contribution in [3.8, 4) is 0 Å². The molecule has 1 atom stereocenters. The van der Waals surface area contributed by atoms with Gasteiger partial charge in [-0.05, 0) is 30.2 Å². The van der Waals surface area contributed by atoms with E-state index in [4.69, 9.17) is 0 Å². The molecule has 2 heterocycles. The fourth-order valence-corrected chi connectivity index (χ4v) is 2.84. The summed E-state index contributed by atoms with van der Waals surface area (Å²) in [6, 6.07) is 8.51. The Bertz CT molecular complexity index is 685. The van der Waals surface area contributed by atoms with Gasteiger partial charge in [-0.25, -0.2) is 4.98 Å². The molecule has 1 fully saturated rings. The first-order valence-electron chi connectivity index (χ1n) is 7.68. The van der Waals surface area contributed by atoms with Crippen molar-refractivity contribution in [1.29, 1.82) is 0 Å². The summed E-state index contributed by atoms with van der Waals surface area (Å²) >= 11 is 0. The van der Waals surface area contributed by atoms with Crippen LogP contribution in [0.2, 0.25) is 0 Å². The third-order valence-electron chi connectivity index (χ3n) is 4.11. The number of nitrogens with one attached hydrogen (secondary N) is 1. The molecule has 1 aromatic carbocycles. The highest BCUT2D eigenvalue weighted by atomic mass is 19.4. The molecule has 1 unspecified atom stereocenters. The number of anilines is 1. The fourth-order valence-electron chi connectivity index (χ4n) is 2.84. The number of rotatable bonds is 4. The number of hydrogen-bond acceptors (Lipinski definition) is 3. The minimum absolute atomic E-state index is 0.171. The van der Waals surface area contributed by atoms with Gasteiger partial charge >= 0.3 is 6.18 Å². The Morgan fingerprint density at radius 2 is 2.04 bits per heavy atom. The quantitative estimate of drug-likeness (QED) is 0.681. The first-order valence-corrected chi connectivity index (χ1v) is 7.68. The Labute approximate surface area is 137 Å².